The van der Waals surface area contributed by atoms with Gasteiger partial charge < -0.3 is 15.2 Å². The first-order chi connectivity index (χ1) is 14.3. The molecule has 2 bridgehead atoms. The van der Waals surface area contributed by atoms with Gasteiger partial charge >= 0.3 is 5.69 Å². The van der Waals surface area contributed by atoms with Gasteiger partial charge in [0.1, 0.15) is 18.2 Å². The van der Waals surface area contributed by atoms with Crippen molar-refractivity contribution in [2.45, 2.75) is 31.2 Å². The molecule has 2 aliphatic rings. The summed E-state index contributed by atoms with van der Waals surface area (Å²) in [4.78, 5) is 19.7. The van der Waals surface area contributed by atoms with Crippen molar-refractivity contribution in [3.63, 3.8) is 0 Å². The second-order valence-corrected chi connectivity index (χ2v) is 8.87. The molecule has 2 aromatic heterocycles. The lowest BCUT2D eigenvalue weighted by Gasteiger charge is -2.31. The van der Waals surface area contributed by atoms with Gasteiger partial charge in [0.15, 0.2) is 17.0 Å². The van der Waals surface area contributed by atoms with Crippen LogP contribution in [0.15, 0.2) is 29.3 Å². The zero-order valence-corrected chi connectivity index (χ0v) is 17.1. The van der Waals surface area contributed by atoms with Crippen molar-refractivity contribution in [3.8, 4) is 32.9 Å². The highest BCUT2D eigenvalue weighted by molar-refractivity contribution is 7.16. The highest BCUT2D eigenvalue weighted by atomic mass is 32.1. The first-order valence-electron chi connectivity index (χ1n) is 9.47. The molecule has 11 heteroatoms. The summed E-state index contributed by atoms with van der Waals surface area (Å²) >= 11 is 1.15. The van der Waals surface area contributed by atoms with E-state index in [0.29, 0.717) is 16.1 Å². The predicted molar refractivity (Wildman–Crippen MR) is 107 cm³/mol. The molecule has 156 valence electrons. The van der Waals surface area contributed by atoms with Crippen LogP contribution in [0.5, 0.6) is 10.9 Å². The summed E-state index contributed by atoms with van der Waals surface area (Å²) in [6, 6.07) is 4.80. The van der Waals surface area contributed by atoms with Crippen LogP contribution in [0.25, 0.3) is 22.0 Å². The molecule has 0 unspecified atom stereocenters. The van der Waals surface area contributed by atoms with Gasteiger partial charge in [-0.3, -0.25) is 4.57 Å². The molecule has 9 nitrogen and oxygen atoms in total. The number of rotatable bonds is 4. The van der Waals surface area contributed by atoms with Crippen LogP contribution >= 0.6 is 11.3 Å². The number of ether oxygens (including phenoxy) is 1. The quantitative estimate of drug-likeness (QED) is 0.641. The van der Waals surface area contributed by atoms with Gasteiger partial charge in [-0.2, -0.15) is 4.98 Å². The number of aryl methyl sites for hydroxylation is 1. The Hall–Kier alpha value is -2.92. The van der Waals surface area contributed by atoms with E-state index in [1.54, 1.807) is 19.2 Å². The van der Waals surface area contributed by atoms with Crippen LogP contribution in [0.3, 0.4) is 0 Å². The average molecular weight is 430 g/mol. The molecular formula is C19H19FN6O3S. The summed E-state index contributed by atoms with van der Waals surface area (Å²) < 4.78 is 21.8. The Kier molecular flexibility index (Phi) is 4.33. The predicted octanol–water partition coefficient (Wildman–Crippen LogP) is 1.53. The normalized spacial score (nSPS) is 27.5. The van der Waals surface area contributed by atoms with Crippen molar-refractivity contribution < 1.29 is 14.2 Å². The molecule has 30 heavy (non-hydrogen) atoms. The van der Waals surface area contributed by atoms with E-state index in [0.717, 1.165) is 24.3 Å². The fourth-order valence-corrected chi connectivity index (χ4v) is 4.89. The largest absolute Gasteiger partial charge is 0.507 e. The molecule has 0 spiro atoms. The Balaban J connectivity index is 1.37. The number of piperidine rings is 1. The molecule has 1 saturated carbocycles. The Labute approximate surface area is 174 Å². The van der Waals surface area contributed by atoms with Crippen LogP contribution < -0.4 is 15.7 Å². The zero-order chi connectivity index (χ0) is 21.0. The lowest BCUT2D eigenvalue weighted by Crippen LogP contribution is -2.53. The molecule has 2 fully saturated rings. The van der Waals surface area contributed by atoms with Crippen molar-refractivity contribution >= 4 is 11.3 Å². The van der Waals surface area contributed by atoms with Gasteiger partial charge in [-0.05, 0) is 25.5 Å². The molecule has 4 atom stereocenters. The van der Waals surface area contributed by atoms with Crippen molar-refractivity contribution in [1.29, 1.82) is 0 Å². The van der Waals surface area contributed by atoms with Gasteiger partial charge in [-0.1, -0.05) is 22.5 Å². The van der Waals surface area contributed by atoms with Crippen molar-refractivity contribution in [1.82, 2.24) is 30.0 Å². The molecule has 1 aliphatic heterocycles. The number of benzene rings is 1. The third-order valence-electron chi connectivity index (χ3n) is 5.80. The summed E-state index contributed by atoms with van der Waals surface area (Å²) in [5.41, 5.74) is -0.0335. The Morgan fingerprint density at radius 1 is 1.40 bits per heavy atom. The maximum Gasteiger partial charge on any atom is 0.350 e. The number of halogens is 1. The first kappa shape index (κ1) is 19.1. The second-order valence-electron chi connectivity index (χ2n) is 7.93. The van der Waals surface area contributed by atoms with Crippen LogP contribution in [0.2, 0.25) is 0 Å². The topological polar surface area (TPSA) is 115 Å². The monoisotopic (exact) mass is 430 g/mol. The fourth-order valence-electron chi connectivity index (χ4n) is 4.12. The molecule has 5 rings (SSSR count). The van der Waals surface area contributed by atoms with Crippen LogP contribution in [0, 0.1) is 5.92 Å². The van der Waals surface area contributed by atoms with E-state index < -0.39 is 23.5 Å². The summed E-state index contributed by atoms with van der Waals surface area (Å²) in [6.45, 7) is 2.60. The lowest BCUT2D eigenvalue weighted by molar-refractivity contribution is 0.0438. The maximum absolute atomic E-state index is 14.7. The molecule has 3 heterocycles. The van der Waals surface area contributed by atoms with E-state index in [4.69, 9.17) is 4.74 Å². The number of hydrogen-bond donors (Lipinski definition) is 2. The summed E-state index contributed by atoms with van der Waals surface area (Å²) in [5.74, 6) is 0.261. The molecule has 0 radical (unpaired) electrons. The van der Waals surface area contributed by atoms with E-state index in [2.05, 4.69) is 25.5 Å². The second kappa shape index (κ2) is 6.81. The molecular weight excluding hydrogens is 411 g/mol. The molecule has 1 aliphatic carbocycles. The van der Waals surface area contributed by atoms with Gasteiger partial charge in [0, 0.05) is 25.1 Å². The van der Waals surface area contributed by atoms with E-state index in [1.807, 2.05) is 6.92 Å². The third kappa shape index (κ3) is 3.05. The van der Waals surface area contributed by atoms with Gasteiger partial charge in [0.2, 0.25) is 0 Å². The molecule has 0 amide bonds. The number of nitrogens with zero attached hydrogens (tertiary/aromatic N) is 5. The minimum atomic E-state index is -1.12. The standard InChI is InChI=1S/C19H19FN6O3S/c1-19-6-10(7-22-19)13(14(19)20)29-18-25-24-16(30-18)11-4-3-9(5-12(11)27)15-21-8-26(2)17(28)23-15/h3-5,8,10,13-14,22,27H,6-7H2,1-2H3/t10-,13-,14-,19-/m1/s1. The average Bonchev–Trinajstić information content (AvgIpc) is 3.40. The Morgan fingerprint density at radius 3 is 2.93 bits per heavy atom. The minimum absolute atomic E-state index is 0.0560. The number of phenols is 1. The van der Waals surface area contributed by atoms with Gasteiger partial charge in [-0.15, -0.1) is 5.10 Å². The number of aromatic nitrogens is 5. The summed E-state index contributed by atoms with van der Waals surface area (Å²) in [5, 5.41) is 22.5. The smallest absolute Gasteiger partial charge is 0.350 e. The molecule has 2 N–H and O–H groups in total. The molecule has 1 saturated heterocycles. The van der Waals surface area contributed by atoms with Crippen LogP contribution in [0.4, 0.5) is 4.39 Å². The van der Waals surface area contributed by atoms with E-state index in [9.17, 15) is 14.3 Å². The van der Waals surface area contributed by atoms with E-state index in [1.165, 1.54) is 17.0 Å². The molecule has 1 aromatic carbocycles. The SMILES string of the molecule is Cn1cnc(-c2ccc(-c3nnc(O[C@@H]4[C@H]5CN[C@](C)(C5)[C@@H]4F)s3)c(O)c2)nc1=O. The van der Waals surface area contributed by atoms with Crippen molar-refractivity contribution in [2.24, 2.45) is 13.0 Å². The van der Waals surface area contributed by atoms with Gasteiger partial charge in [-0.25, -0.2) is 14.2 Å². The van der Waals surface area contributed by atoms with Gasteiger partial charge in [0.25, 0.3) is 5.19 Å². The summed E-state index contributed by atoms with van der Waals surface area (Å²) in [7, 11) is 1.56. The highest BCUT2D eigenvalue weighted by Crippen LogP contribution is 2.44. The van der Waals surface area contributed by atoms with E-state index in [-0.39, 0.29) is 22.7 Å². The summed E-state index contributed by atoms with van der Waals surface area (Å²) in [6.07, 6.45) is 0.436. The first-order valence-corrected chi connectivity index (χ1v) is 10.3. The number of phenolic OH excluding ortho intramolecular Hbond substituents is 1. The fraction of sp³-hybridized carbons (Fsp3) is 0.421. The number of hydrogen-bond acceptors (Lipinski definition) is 9. The number of alkyl halides is 1. The zero-order valence-electron chi connectivity index (χ0n) is 16.2. The van der Waals surface area contributed by atoms with Gasteiger partial charge in [0.05, 0.1) is 11.1 Å². The van der Waals surface area contributed by atoms with Crippen molar-refractivity contribution in [3.05, 3.63) is 35.0 Å². The number of aromatic hydroxyl groups is 1. The number of nitrogens with one attached hydrogen (secondary N) is 1. The van der Waals surface area contributed by atoms with E-state index >= 15 is 0 Å². The highest BCUT2D eigenvalue weighted by Gasteiger charge is 2.57. The van der Waals surface area contributed by atoms with Crippen molar-refractivity contribution in [2.75, 3.05) is 6.54 Å². The Morgan fingerprint density at radius 2 is 2.23 bits per heavy atom. The number of fused-ring (bicyclic) bond motifs is 2. The Bertz CT molecular complexity index is 1180. The maximum atomic E-state index is 14.7. The van der Waals surface area contributed by atoms with Crippen LogP contribution in [-0.2, 0) is 7.05 Å². The van der Waals surface area contributed by atoms with Crippen LogP contribution in [-0.4, -0.2) is 54.2 Å². The minimum Gasteiger partial charge on any atom is -0.507 e. The third-order valence-corrected chi connectivity index (χ3v) is 6.65. The lowest BCUT2D eigenvalue weighted by atomic mass is 9.99. The molecule has 3 aromatic rings. The van der Waals surface area contributed by atoms with Crippen LogP contribution in [0.1, 0.15) is 13.3 Å².